The van der Waals surface area contributed by atoms with E-state index in [1.807, 2.05) is 0 Å². The number of hydrogen-bond donors (Lipinski definition) is 1. The molecule has 1 aromatic rings. The highest BCUT2D eigenvalue weighted by Crippen LogP contribution is 2.28. The van der Waals surface area contributed by atoms with Gasteiger partial charge in [0.15, 0.2) is 0 Å². The topological polar surface area (TPSA) is 76.3 Å². The molecule has 0 bridgehead atoms. The van der Waals surface area contributed by atoms with E-state index in [9.17, 15) is 8.42 Å². The van der Waals surface area contributed by atoms with Crippen molar-refractivity contribution in [2.24, 2.45) is 5.92 Å². The van der Waals surface area contributed by atoms with Gasteiger partial charge in [-0.2, -0.15) is 0 Å². The second kappa shape index (κ2) is 5.76. The molecule has 5 nitrogen and oxygen atoms in total. The number of hydrogen-bond acceptors (Lipinski definition) is 4. The van der Waals surface area contributed by atoms with E-state index >= 15 is 0 Å². The average molecular weight is 348 g/mol. The lowest BCUT2D eigenvalue weighted by Crippen LogP contribution is -2.31. The minimum absolute atomic E-state index is 0.0430. The molecule has 0 atom stereocenters. The second-order valence-electron chi connectivity index (χ2n) is 4.97. The lowest BCUT2D eigenvalue weighted by Gasteiger charge is -2.21. The van der Waals surface area contributed by atoms with Gasteiger partial charge in [-0.15, -0.1) is 0 Å². The largest absolute Gasteiger partial charge is 0.383 e. The molecule has 1 aromatic heterocycles. The van der Waals surface area contributed by atoms with Crippen LogP contribution in [0.4, 0.5) is 5.82 Å². The maximum atomic E-state index is 12.5. The van der Waals surface area contributed by atoms with Crippen LogP contribution in [0.15, 0.2) is 21.6 Å². The number of nitrogen functional groups attached to an aromatic ring is 1. The molecule has 19 heavy (non-hydrogen) atoms. The van der Waals surface area contributed by atoms with Crippen molar-refractivity contribution in [2.75, 3.05) is 19.3 Å². The first kappa shape index (κ1) is 14.7. The van der Waals surface area contributed by atoms with Crippen LogP contribution in [0.5, 0.6) is 0 Å². The van der Waals surface area contributed by atoms with E-state index in [0.717, 1.165) is 12.8 Å². The zero-order chi connectivity index (χ0) is 14.0. The van der Waals surface area contributed by atoms with Crippen LogP contribution >= 0.6 is 15.9 Å². The standard InChI is InChI=1S/C12H18BrN3O2S/c1-16(8-9-4-2-3-5-9)19(17,18)11-6-10(13)7-15-12(11)14/h6-7,9H,2-5,8H2,1H3,(H2,14,15). The van der Waals surface area contributed by atoms with Crippen LogP contribution in [0.25, 0.3) is 0 Å². The molecule has 1 saturated carbocycles. The molecule has 1 heterocycles. The van der Waals surface area contributed by atoms with Crippen molar-refractivity contribution >= 4 is 31.8 Å². The molecule has 1 aliphatic rings. The Bertz CT molecular complexity index is 556. The number of sulfonamides is 1. The van der Waals surface area contributed by atoms with Crippen molar-refractivity contribution in [1.82, 2.24) is 9.29 Å². The first-order chi connectivity index (χ1) is 8.91. The Morgan fingerprint density at radius 3 is 2.74 bits per heavy atom. The second-order valence-corrected chi connectivity index (χ2v) is 7.90. The summed E-state index contributed by atoms with van der Waals surface area (Å²) >= 11 is 3.23. The van der Waals surface area contributed by atoms with E-state index in [-0.39, 0.29) is 10.7 Å². The first-order valence-electron chi connectivity index (χ1n) is 6.28. The van der Waals surface area contributed by atoms with Gasteiger partial charge in [0.05, 0.1) is 0 Å². The number of rotatable bonds is 4. The molecule has 106 valence electrons. The van der Waals surface area contributed by atoms with Gasteiger partial charge in [0.2, 0.25) is 10.0 Å². The van der Waals surface area contributed by atoms with Crippen LogP contribution in [-0.2, 0) is 10.0 Å². The summed E-state index contributed by atoms with van der Waals surface area (Å²) in [5.41, 5.74) is 5.68. The average Bonchev–Trinajstić information content (AvgIpc) is 2.85. The normalized spacial score (nSPS) is 17.2. The summed E-state index contributed by atoms with van der Waals surface area (Å²) in [5, 5.41) is 0. The highest BCUT2D eigenvalue weighted by atomic mass is 79.9. The zero-order valence-electron chi connectivity index (χ0n) is 10.8. The monoisotopic (exact) mass is 347 g/mol. The Balaban J connectivity index is 2.22. The minimum Gasteiger partial charge on any atom is -0.383 e. The van der Waals surface area contributed by atoms with Gasteiger partial charge in [-0.25, -0.2) is 17.7 Å². The maximum absolute atomic E-state index is 12.5. The summed E-state index contributed by atoms with van der Waals surface area (Å²) in [7, 11) is -1.96. The van der Waals surface area contributed by atoms with Crippen LogP contribution in [0.1, 0.15) is 25.7 Å². The molecule has 2 N–H and O–H groups in total. The van der Waals surface area contributed by atoms with E-state index in [4.69, 9.17) is 5.73 Å². The highest BCUT2D eigenvalue weighted by molar-refractivity contribution is 9.10. The zero-order valence-corrected chi connectivity index (χ0v) is 13.2. The van der Waals surface area contributed by atoms with E-state index in [1.54, 1.807) is 7.05 Å². The molecule has 0 radical (unpaired) electrons. The number of aromatic nitrogens is 1. The van der Waals surface area contributed by atoms with Gasteiger partial charge in [-0.1, -0.05) is 12.8 Å². The molecular weight excluding hydrogens is 330 g/mol. The molecule has 7 heteroatoms. The Morgan fingerprint density at radius 2 is 2.11 bits per heavy atom. The Kier molecular flexibility index (Phi) is 4.47. The fourth-order valence-electron chi connectivity index (χ4n) is 2.46. The number of nitrogens with zero attached hydrogens (tertiary/aromatic N) is 2. The highest BCUT2D eigenvalue weighted by Gasteiger charge is 2.27. The molecule has 0 aromatic carbocycles. The van der Waals surface area contributed by atoms with E-state index in [0.29, 0.717) is 16.9 Å². The van der Waals surface area contributed by atoms with Gasteiger partial charge >= 0.3 is 0 Å². The Labute approximate surface area is 122 Å². The summed E-state index contributed by atoms with van der Waals surface area (Å²) in [6.45, 7) is 0.550. The van der Waals surface area contributed by atoms with Crippen molar-refractivity contribution in [2.45, 2.75) is 30.6 Å². The molecular formula is C12H18BrN3O2S. The SMILES string of the molecule is CN(CC1CCCC1)S(=O)(=O)c1cc(Br)cnc1N. The lowest BCUT2D eigenvalue weighted by atomic mass is 10.1. The summed E-state index contributed by atoms with van der Waals surface area (Å²) in [4.78, 5) is 3.96. The van der Waals surface area contributed by atoms with Crippen molar-refractivity contribution in [3.63, 3.8) is 0 Å². The van der Waals surface area contributed by atoms with Crippen molar-refractivity contribution in [3.8, 4) is 0 Å². The predicted molar refractivity (Wildman–Crippen MR) is 78.1 cm³/mol. The summed E-state index contributed by atoms with van der Waals surface area (Å²) in [5.74, 6) is 0.502. The minimum atomic E-state index is -3.56. The third-order valence-electron chi connectivity index (χ3n) is 3.53. The number of anilines is 1. The van der Waals surface area contributed by atoms with Crippen LogP contribution in [0.2, 0.25) is 0 Å². The Hall–Kier alpha value is -0.660. The molecule has 0 saturated heterocycles. The van der Waals surface area contributed by atoms with Gasteiger partial charge in [0, 0.05) is 24.3 Å². The maximum Gasteiger partial charge on any atom is 0.246 e. The number of nitrogens with two attached hydrogens (primary N) is 1. The molecule has 2 rings (SSSR count). The molecule has 0 amide bonds. The van der Waals surface area contributed by atoms with Gasteiger partial charge in [-0.05, 0) is 40.8 Å². The van der Waals surface area contributed by atoms with Crippen LogP contribution in [0.3, 0.4) is 0 Å². The van der Waals surface area contributed by atoms with Crippen molar-refractivity contribution in [1.29, 1.82) is 0 Å². The number of halogens is 1. The third-order valence-corrected chi connectivity index (χ3v) is 5.81. The van der Waals surface area contributed by atoms with E-state index < -0.39 is 10.0 Å². The quantitative estimate of drug-likeness (QED) is 0.905. The third kappa shape index (κ3) is 3.27. The van der Waals surface area contributed by atoms with Gasteiger partial charge in [0.25, 0.3) is 0 Å². The lowest BCUT2D eigenvalue weighted by molar-refractivity contribution is 0.387. The van der Waals surface area contributed by atoms with Crippen LogP contribution in [-0.4, -0.2) is 31.3 Å². The van der Waals surface area contributed by atoms with Gasteiger partial charge in [-0.3, -0.25) is 0 Å². The first-order valence-corrected chi connectivity index (χ1v) is 8.52. The van der Waals surface area contributed by atoms with Crippen molar-refractivity contribution < 1.29 is 8.42 Å². The molecule has 0 aliphatic heterocycles. The van der Waals surface area contributed by atoms with Crippen LogP contribution < -0.4 is 5.73 Å². The summed E-state index contributed by atoms with van der Waals surface area (Å²) in [6.07, 6.45) is 6.09. The fourth-order valence-corrected chi connectivity index (χ4v) is 4.28. The molecule has 0 unspecified atom stereocenters. The Morgan fingerprint density at radius 1 is 1.47 bits per heavy atom. The van der Waals surface area contributed by atoms with E-state index in [2.05, 4.69) is 20.9 Å². The number of pyridine rings is 1. The molecule has 1 aliphatic carbocycles. The predicted octanol–water partition coefficient (Wildman–Crippen LogP) is 2.24. The summed E-state index contributed by atoms with van der Waals surface area (Å²) < 4.78 is 27.0. The van der Waals surface area contributed by atoms with Crippen LogP contribution in [0, 0.1) is 5.92 Å². The molecule has 1 fully saturated rings. The van der Waals surface area contributed by atoms with Gasteiger partial charge < -0.3 is 5.73 Å². The summed E-state index contributed by atoms with van der Waals surface area (Å²) in [6, 6.07) is 1.50. The smallest absolute Gasteiger partial charge is 0.246 e. The van der Waals surface area contributed by atoms with E-state index in [1.165, 1.54) is 29.4 Å². The molecule has 0 spiro atoms. The van der Waals surface area contributed by atoms with Gasteiger partial charge in [0.1, 0.15) is 10.7 Å². The fraction of sp³-hybridized carbons (Fsp3) is 0.583. The van der Waals surface area contributed by atoms with Crippen molar-refractivity contribution in [3.05, 3.63) is 16.7 Å².